The summed E-state index contributed by atoms with van der Waals surface area (Å²) in [4.78, 5) is 25.1. The van der Waals surface area contributed by atoms with Gasteiger partial charge in [-0.15, -0.1) is 0 Å². The molecule has 0 heterocycles. The molecule has 1 aromatic carbocycles. The van der Waals surface area contributed by atoms with E-state index in [1.165, 1.54) is 217 Å². The van der Waals surface area contributed by atoms with E-state index in [2.05, 4.69) is 13.8 Å². The number of benzene rings is 1. The number of esters is 2. The van der Waals surface area contributed by atoms with E-state index in [9.17, 15) is 22.6 Å². The second kappa shape index (κ2) is 42.5. The van der Waals surface area contributed by atoms with Gasteiger partial charge in [0.05, 0.1) is 28.5 Å². The van der Waals surface area contributed by atoms with E-state index in [1.807, 2.05) is 0 Å². The first-order valence-corrected chi connectivity index (χ1v) is 25.5. The fraction of sp³-hybridized carbons (Fsp3) is 0.760. The topological polar surface area (TPSA) is 110 Å². The monoisotopic (exact) mass is 869 g/mol. The maximum Gasteiger partial charge on any atom is 1.00 e. The van der Waals surface area contributed by atoms with Crippen LogP contribution in [0.4, 0.5) is 0 Å². The number of carbonyl (C=O) groups excluding carboxylic acids is 2. The molecular formula is C50H85KO7S. The molecule has 0 atom stereocenters. The summed E-state index contributed by atoms with van der Waals surface area (Å²) in [5.74, 6) is -2.02. The second-order valence-corrected chi connectivity index (χ2v) is 17.9. The van der Waals surface area contributed by atoms with Crippen LogP contribution in [-0.2, 0) is 19.6 Å². The first kappa shape index (κ1) is 58.2. The van der Waals surface area contributed by atoms with Gasteiger partial charge in [0.1, 0.15) is 10.1 Å². The fourth-order valence-corrected chi connectivity index (χ4v) is 8.26. The molecule has 1 rings (SSSR count). The zero-order valence-corrected chi connectivity index (χ0v) is 42.2. The zero-order chi connectivity index (χ0) is 42.2. The molecule has 334 valence electrons. The van der Waals surface area contributed by atoms with Crippen LogP contribution in [0, 0.1) is 0 Å². The minimum absolute atomic E-state index is 0. The number of hydrogen-bond acceptors (Lipinski definition) is 7. The molecule has 0 amide bonds. The van der Waals surface area contributed by atoms with Crippen LogP contribution in [0.1, 0.15) is 266 Å². The van der Waals surface area contributed by atoms with E-state index in [0.29, 0.717) is 6.42 Å². The minimum Gasteiger partial charge on any atom is -0.744 e. The van der Waals surface area contributed by atoms with Gasteiger partial charge in [0.2, 0.25) is 0 Å². The van der Waals surface area contributed by atoms with Crippen molar-refractivity contribution in [2.75, 3.05) is 0 Å². The van der Waals surface area contributed by atoms with Crippen LogP contribution in [0.15, 0.2) is 47.8 Å². The summed E-state index contributed by atoms with van der Waals surface area (Å²) in [6.45, 7) is 4.53. The maximum atomic E-state index is 13.0. The Morgan fingerprint density at radius 2 is 0.763 bits per heavy atom. The van der Waals surface area contributed by atoms with Gasteiger partial charge in [-0.2, -0.15) is 0 Å². The van der Waals surface area contributed by atoms with Crippen LogP contribution in [0.3, 0.4) is 0 Å². The maximum absolute atomic E-state index is 13.0. The largest absolute Gasteiger partial charge is 1.00 e. The number of unbranched alkanes of at least 4 members (excludes halogenated alkanes) is 34. The predicted octanol–water partition coefficient (Wildman–Crippen LogP) is 13.0. The van der Waals surface area contributed by atoms with Crippen molar-refractivity contribution in [2.24, 2.45) is 0 Å². The van der Waals surface area contributed by atoms with Crippen LogP contribution < -0.4 is 51.4 Å². The van der Waals surface area contributed by atoms with Crippen molar-refractivity contribution in [3.63, 3.8) is 0 Å². The number of carbonyl (C=O) groups is 2. The molecular weight excluding hydrogens is 784 g/mol. The third-order valence-corrected chi connectivity index (χ3v) is 12.1. The van der Waals surface area contributed by atoms with Crippen molar-refractivity contribution in [1.82, 2.24) is 0 Å². The summed E-state index contributed by atoms with van der Waals surface area (Å²) >= 11 is 0. The second-order valence-electron chi connectivity index (χ2n) is 16.6. The van der Waals surface area contributed by atoms with Crippen LogP contribution >= 0.6 is 0 Å². The van der Waals surface area contributed by atoms with Gasteiger partial charge in [0.15, 0.2) is 0 Å². The van der Waals surface area contributed by atoms with Crippen molar-refractivity contribution >= 4 is 22.1 Å². The summed E-state index contributed by atoms with van der Waals surface area (Å²) in [6.07, 6.45) is 51.7. The standard InChI is InChI=1S/C50H86O7S.K/c1-3-5-7-9-11-13-15-17-19-21-23-25-27-29-31-33-35-37-39-44-56-49(51)46-42-41-43-47(58(53,54)55)48(46)50(52)57-45-40-38-36-34-32-30-28-26-24-22-20-18-16-14-12-10-8-6-4-2;/h39-45H,3-38H2,1-2H3,(H,53,54,55);/q;+1/p-1/b44-39+,45-40+;. The average Bonchev–Trinajstić information content (AvgIpc) is 3.21. The normalized spacial score (nSPS) is 11.7. The first-order chi connectivity index (χ1) is 28.3. The molecule has 0 saturated heterocycles. The number of hydrogen-bond donors (Lipinski definition) is 0. The molecule has 7 nitrogen and oxygen atoms in total. The van der Waals surface area contributed by atoms with Crippen LogP contribution in [0.25, 0.3) is 0 Å². The summed E-state index contributed by atoms with van der Waals surface area (Å²) in [6, 6.07) is 3.51. The van der Waals surface area contributed by atoms with Gasteiger partial charge in [-0.05, 0) is 50.0 Å². The SMILES string of the molecule is CCCCCCCCCCCCCCCCCCC/C=C/OC(=O)c1cccc(S(=O)(=O)[O-])c1C(=O)O/C=C/CCCCCCCCCCCCCCCCCCC.[K+]. The van der Waals surface area contributed by atoms with Crippen molar-refractivity contribution < 1.29 is 83.4 Å². The average molecular weight is 869 g/mol. The summed E-state index contributed by atoms with van der Waals surface area (Å²) in [7, 11) is -5.05. The van der Waals surface area contributed by atoms with Gasteiger partial charge < -0.3 is 14.0 Å². The Kier molecular flexibility index (Phi) is 41.9. The number of ether oxygens (including phenoxy) is 2. The van der Waals surface area contributed by atoms with Gasteiger partial charge in [0, 0.05) is 0 Å². The Labute approximate surface area is 405 Å². The van der Waals surface area contributed by atoms with E-state index in [-0.39, 0.29) is 56.9 Å². The molecule has 0 aliphatic heterocycles. The fourth-order valence-electron chi connectivity index (χ4n) is 7.57. The third kappa shape index (κ3) is 34.4. The van der Waals surface area contributed by atoms with E-state index in [4.69, 9.17) is 9.47 Å². The molecule has 59 heavy (non-hydrogen) atoms. The van der Waals surface area contributed by atoms with Crippen LogP contribution in [0.5, 0.6) is 0 Å². The van der Waals surface area contributed by atoms with Gasteiger partial charge in [0.25, 0.3) is 0 Å². The molecule has 0 bridgehead atoms. The van der Waals surface area contributed by atoms with E-state index < -0.39 is 32.5 Å². The Bertz CT molecular complexity index is 1310. The van der Waals surface area contributed by atoms with Crippen LogP contribution in [-0.4, -0.2) is 24.9 Å². The first-order valence-electron chi connectivity index (χ1n) is 24.1. The Hall–Kier alpha value is -0.814. The van der Waals surface area contributed by atoms with E-state index in [1.54, 1.807) is 12.2 Å². The van der Waals surface area contributed by atoms with Crippen molar-refractivity contribution in [3.05, 3.63) is 54.0 Å². The molecule has 0 aromatic heterocycles. The minimum atomic E-state index is -5.05. The smallest absolute Gasteiger partial charge is 0.744 e. The molecule has 9 heteroatoms. The Morgan fingerprint density at radius 1 is 0.475 bits per heavy atom. The van der Waals surface area contributed by atoms with Crippen molar-refractivity contribution in [2.45, 2.75) is 250 Å². The number of allylic oxidation sites excluding steroid dienone is 2. The van der Waals surface area contributed by atoms with Gasteiger partial charge in [-0.1, -0.05) is 225 Å². The molecule has 1 aromatic rings. The molecule has 0 unspecified atom stereocenters. The van der Waals surface area contributed by atoms with Crippen molar-refractivity contribution in [3.8, 4) is 0 Å². The third-order valence-electron chi connectivity index (χ3n) is 11.2. The quantitative estimate of drug-likeness (QED) is 0.0212. The Morgan fingerprint density at radius 3 is 1.07 bits per heavy atom. The molecule has 0 aliphatic carbocycles. The van der Waals surface area contributed by atoms with Gasteiger partial charge in [-0.25, -0.2) is 18.0 Å². The van der Waals surface area contributed by atoms with E-state index >= 15 is 0 Å². The zero-order valence-electron chi connectivity index (χ0n) is 38.3. The summed E-state index contributed by atoms with van der Waals surface area (Å²) in [5.41, 5.74) is -0.933. The molecule has 0 radical (unpaired) electrons. The predicted molar refractivity (Wildman–Crippen MR) is 241 cm³/mol. The van der Waals surface area contributed by atoms with Gasteiger partial charge in [-0.3, -0.25) is 0 Å². The molecule has 0 aliphatic rings. The summed E-state index contributed by atoms with van der Waals surface area (Å²) < 4.78 is 46.4. The van der Waals surface area contributed by atoms with Crippen LogP contribution in [0.2, 0.25) is 0 Å². The van der Waals surface area contributed by atoms with Crippen molar-refractivity contribution in [1.29, 1.82) is 0 Å². The Balaban J connectivity index is 0.0000336. The molecule has 0 saturated carbocycles. The molecule has 0 N–H and O–H groups in total. The molecule has 0 spiro atoms. The summed E-state index contributed by atoms with van der Waals surface area (Å²) in [5, 5.41) is 0. The number of rotatable bonds is 41. The van der Waals surface area contributed by atoms with E-state index in [0.717, 1.165) is 38.2 Å². The van der Waals surface area contributed by atoms with Gasteiger partial charge >= 0.3 is 63.3 Å². The molecule has 0 fully saturated rings.